The molecule has 1 N–H and O–H groups in total. The van der Waals surface area contributed by atoms with Gasteiger partial charge >= 0.3 is 0 Å². The number of nitrogens with one attached hydrogen (secondary N) is 1. The first-order valence-corrected chi connectivity index (χ1v) is 13.3. The fourth-order valence-electron chi connectivity index (χ4n) is 5.27. The zero-order valence-corrected chi connectivity index (χ0v) is 22.8. The first-order valence-electron chi connectivity index (χ1n) is 12.4. The van der Waals surface area contributed by atoms with E-state index < -0.39 is 0 Å². The Morgan fingerprint density at radius 2 is 2.03 bits per heavy atom. The Hall–Kier alpha value is -1.55. The summed E-state index contributed by atoms with van der Waals surface area (Å²) in [4.78, 5) is 34.4. The number of aromatic nitrogens is 1. The number of hydrogen-bond acceptors (Lipinski definition) is 7. The molecular formula is C25H44N4O4S. The highest BCUT2D eigenvalue weighted by Gasteiger charge is 2.40. The van der Waals surface area contributed by atoms with Crippen molar-refractivity contribution >= 4 is 23.2 Å². The lowest BCUT2D eigenvalue weighted by Gasteiger charge is -2.39. The normalized spacial score (nSPS) is 20.6. The van der Waals surface area contributed by atoms with E-state index in [4.69, 9.17) is 9.47 Å². The summed E-state index contributed by atoms with van der Waals surface area (Å²) in [6.45, 7) is 7.38. The number of amides is 2. The van der Waals surface area contributed by atoms with Crippen molar-refractivity contribution in [1.82, 2.24) is 20.1 Å². The number of carbonyl (C=O) groups is 2. The van der Waals surface area contributed by atoms with Crippen LogP contribution in [-0.2, 0) is 25.5 Å². The fourth-order valence-corrected chi connectivity index (χ4v) is 6.03. The molecule has 0 saturated carbocycles. The van der Waals surface area contributed by atoms with Gasteiger partial charge in [0.2, 0.25) is 11.8 Å². The van der Waals surface area contributed by atoms with E-state index in [-0.39, 0.29) is 60.9 Å². The third kappa shape index (κ3) is 7.23. The molecule has 2 rings (SSSR count). The van der Waals surface area contributed by atoms with Gasteiger partial charge in [0.1, 0.15) is 0 Å². The van der Waals surface area contributed by atoms with Crippen molar-refractivity contribution in [3.63, 3.8) is 0 Å². The summed E-state index contributed by atoms with van der Waals surface area (Å²) >= 11 is 1.66. The third-order valence-electron chi connectivity index (χ3n) is 7.27. The molecule has 6 unspecified atom stereocenters. The van der Waals surface area contributed by atoms with Crippen LogP contribution < -0.4 is 5.32 Å². The molecule has 34 heavy (non-hydrogen) atoms. The van der Waals surface area contributed by atoms with E-state index in [2.05, 4.69) is 31.1 Å². The number of nitrogens with zero attached hydrogens (tertiary/aromatic N) is 3. The topological polar surface area (TPSA) is 84.0 Å². The standard InChI is InChI=1S/C25H44N4O4S/c1-8-17(2)24(28(5)23(31)16-26-4)20(32-6)15-22(30)29-12-9-10-19(29)25(33-7)18(3)14-21-27-11-13-34-21/h11,13,17-20,24-26H,8-10,12,14-16H2,1-7H3. The van der Waals surface area contributed by atoms with Crippen LogP contribution in [0.4, 0.5) is 0 Å². The van der Waals surface area contributed by atoms with Gasteiger partial charge in [0, 0.05) is 45.8 Å². The second-order valence-corrected chi connectivity index (χ2v) is 10.5. The second kappa shape index (κ2) is 14.1. The first-order chi connectivity index (χ1) is 16.3. The molecule has 2 heterocycles. The van der Waals surface area contributed by atoms with Gasteiger partial charge < -0.3 is 24.6 Å². The molecule has 1 fully saturated rings. The Balaban J connectivity index is 2.15. The summed E-state index contributed by atoms with van der Waals surface area (Å²) in [5.41, 5.74) is 0. The highest BCUT2D eigenvalue weighted by Crippen LogP contribution is 2.30. The van der Waals surface area contributed by atoms with Crippen LogP contribution in [-0.4, -0.2) is 92.3 Å². The van der Waals surface area contributed by atoms with Crippen molar-refractivity contribution < 1.29 is 19.1 Å². The van der Waals surface area contributed by atoms with Crippen molar-refractivity contribution in [3.8, 4) is 0 Å². The van der Waals surface area contributed by atoms with Crippen LogP contribution in [0.25, 0.3) is 0 Å². The predicted molar refractivity (Wildman–Crippen MR) is 136 cm³/mol. The lowest BCUT2D eigenvalue weighted by molar-refractivity contribution is -0.144. The van der Waals surface area contributed by atoms with Crippen LogP contribution in [0.15, 0.2) is 11.6 Å². The Bertz CT molecular complexity index is 747. The van der Waals surface area contributed by atoms with Crippen molar-refractivity contribution in [2.75, 3.05) is 41.4 Å². The summed E-state index contributed by atoms with van der Waals surface area (Å²) in [6, 6.07) is -0.140. The van der Waals surface area contributed by atoms with Crippen molar-refractivity contribution in [2.24, 2.45) is 11.8 Å². The van der Waals surface area contributed by atoms with E-state index in [1.165, 1.54) is 0 Å². The van der Waals surface area contributed by atoms with E-state index in [9.17, 15) is 9.59 Å². The van der Waals surface area contributed by atoms with Crippen LogP contribution in [0.1, 0.15) is 51.5 Å². The van der Waals surface area contributed by atoms with E-state index in [1.807, 2.05) is 23.5 Å². The lowest BCUT2D eigenvalue weighted by atomic mass is 9.90. The number of rotatable bonds is 14. The molecule has 0 aromatic carbocycles. The minimum Gasteiger partial charge on any atom is -0.379 e. The molecule has 6 atom stereocenters. The molecule has 1 aliphatic rings. The Kier molecular flexibility index (Phi) is 11.9. The molecule has 1 saturated heterocycles. The number of thiazole rings is 1. The Morgan fingerprint density at radius 3 is 2.59 bits per heavy atom. The molecule has 9 heteroatoms. The van der Waals surface area contributed by atoms with Crippen LogP contribution in [0, 0.1) is 11.8 Å². The zero-order chi connectivity index (χ0) is 25.3. The number of ether oxygens (including phenoxy) is 2. The van der Waals surface area contributed by atoms with E-state index in [0.717, 1.165) is 37.2 Å². The maximum atomic E-state index is 13.6. The number of likely N-dealkylation sites (N-methyl/N-ethyl adjacent to an activating group) is 2. The van der Waals surface area contributed by atoms with Gasteiger partial charge in [-0.2, -0.15) is 0 Å². The molecule has 194 valence electrons. The summed E-state index contributed by atoms with van der Waals surface area (Å²) in [7, 11) is 6.95. The van der Waals surface area contributed by atoms with E-state index in [1.54, 1.807) is 37.5 Å². The Morgan fingerprint density at radius 1 is 1.29 bits per heavy atom. The highest BCUT2D eigenvalue weighted by atomic mass is 32.1. The predicted octanol–water partition coefficient (Wildman–Crippen LogP) is 2.83. The van der Waals surface area contributed by atoms with Gasteiger partial charge in [-0.1, -0.05) is 27.2 Å². The van der Waals surface area contributed by atoms with Crippen LogP contribution >= 0.6 is 11.3 Å². The van der Waals surface area contributed by atoms with E-state index >= 15 is 0 Å². The van der Waals surface area contributed by atoms with Crippen molar-refractivity contribution in [1.29, 1.82) is 0 Å². The summed E-state index contributed by atoms with van der Waals surface area (Å²) in [5.74, 6) is 0.506. The molecule has 0 aliphatic carbocycles. The summed E-state index contributed by atoms with van der Waals surface area (Å²) in [6.07, 6.45) is 5.27. The number of likely N-dealkylation sites (tertiary alicyclic amines) is 1. The third-order valence-corrected chi connectivity index (χ3v) is 8.07. The largest absolute Gasteiger partial charge is 0.379 e. The van der Waals surface area contributed by atoms with Gasteiger partial charge in [0.25, 0.3) is 0 Å². The molecule has 2 amide bonds. The van der Waals surface area contributed by atoms with E-state index in [0.29, 0.717) is 0 Å². The SMILES string of the molecule is CCC(C)C(C(CC(=O)N1CCCC1C(OC)C(C)Cc1nccs1)OC)N(C)C(=O)CNC. The number of hydrogen-bond donors (Lipinski definition) is 1. The fraction of sp³-hybridized carbons (Fsp3) is 0.800. The molecular weight excluding hydrogens is 452 g/mol. The van der Waals surface area contributed by atoms with Gasteiger partial charge in [-0.15, -0.1) is 11.3 Å². The molecule has 1 aliphatic heterocycles. The number of methoxy groups -OCH3 is 2. The summed E-state index contributed by atoms with van der Waals surface area (Å²) in [5, 5.41) is 6.01. The minimum absolute atomic E-state index is 0.00296. The van der Waals surface area contributed by atoms with Crippen LogP contribution in [0.3, 0.4) is 0 Å². The molecule has 0 radical (unpaired) electrons. The Labute approximate surface area is 209 Å². The monoisotopic (exact) mass is 496 g/mol. The first kappa shape index (κ1) is 28.7. The lowest BCUT2D eigenvalue weighted by Crippen LogP contribution is -2.53. The maximum absolute atomic E-state index is 13.6. The molecule has 0 bridgehead atoms. The molecule has 0 spiro atoms. The van der Waals surface area contributed by atoms with Gasteiger partial charge in [0.05, 0.1) is 42.3 Å². The average Bonchev–Trinajstić information content (AvgIpc) is 3.51. The summed E-state index contributed by atoms with van der Waals surface area (Å²) < 4.78 is 11.8. The van der Waals surface area contributed by atoms with Crippen molar-refractivity contribution in [2.45, 2.75) is 77.2 Å². The minimum atomic E-state index is -0.372. The van der Waals surface area contributed by atoms with Gasteiger partial charge in [0.15, 0.2) is 0 Å². The van der Waals surface area contributed by atoms with Gasteiger partial charge in [-0.25, -0.2) is 4.98 Å². The average molecular weight is 497 g/mol. The van der Waals surface area contributed by atoms with Crippen LogP contribution in [0.5, 0.6) is 0 Å². The molecule has 1 aromatic rings. The number of carbonyl (C=O) groups excluding carboxylic acids is 2. The van der Waals surface area contributed by atoms with Gasteiger partial charge in [-0.3, -0.25) is 9.59 Å². The van der Waals surface area contributed by atoms with Gasteiger partial charge in [-0.05, 0) is 31.7 Å². The zero-order valence-electron chi connectivity index (χ0n) is 22.0. The quantitative estimate of drug-likeness (QED) is 0.426. The maximum Gasteiger partial charge on any atom is 0.236 e. The van der Waals surface area contributed by atoms with Crippen molar-refractivity contribution in [3.05, 3.63) is 16.6 Å². The molecule has 8 nitrogen and oxygen atoms in total. The highest BCUT2D eigenvalue weighted by molar-refractivity contribution is 7.09. The second-order valence-electron chi connectivity index (χ2n) is 9.49. The smallest absolute Gasteiger partial charge is 0.236 e. The molecule has 1 aromatic heterocycles. The van der Waals surface area contributed by atoms with Crippen LogP contribution in [0.2, 0.25) is 0 Å².